The summed E-state index contributed by atoms with van der Waals surface area (Å²) in [5.41, 5.74) is 0. The van der Waals surface area contributed by atoms with Crippen LogP contribution in [0.25, 0.3) is 0 Å². The normalized spacial score (nSPS) is 27.2. The van der Waals surface area contributed by atoms with Gasteiger partial charge in [-0.2, -0.15) is 0 Å². The van der Waals surface area contributed by atoms with Crippen LogP contribution in [0.2, 0.25) is 5.02 Å². The van der Waals surface area contributed by atoms with Gasteiger partial charge in [-0.3, -0.25) is 4.79 Å². The van der Waals surface area contributed by atoms with Gasteiger partial charge in [0.1, 0.15) is 0 Å². The molecule has 0 heterocycles. The molecule has 1 aromatic rings. The van der Waals surface area contributed by atoms with Gasteiger partial charge in [-0.15, -0.1) is 0 Å². The molecule has 2 rings (SSSR count). The van der Waals surface area contributed by atoms with Crippen molar-refractivity contribution in [1.29, 1.82) is 0 Å². The molecule has 0 spiro atoms. The lowest BCUT2D eigenvalue weighted by Gasteiger charge is -2.35. The highest BCUT2D eigenvalue weighted by atomic mass is 35.5. The quantitative estimate of drug-likeness (QED) is 0.929. The molecule has 0 saturated heterocycles. The van der Waals surface area contributed by atoms with Crippen molar-refractivity contribution in [3.8, 4) is 0 Å². The molecule has 0 aromatic heterocycles. The highest BCUT2D eigenvalue weighted by Gasteiger charge is 2.53. The molecule has 1 saturated carbocycles. The number of aliphatic carboxylic acids is 1. The molecular formula is C14H17ClO4S. The number of hydrogen-bond acceptors (Lipinski definition) is 3. The van der Waals surface area contributed by atoms with E-state index in [0.29, 0.717) is 18.8 Å². The molecule has 0 bridgehead atoms. The van der Waals surface area contributed by atoms with E-state index < -0.39 is 20.6 Å². The summed E-state index contributed by atoms with van der Waals surface area (Å²) in [7, 11) is -4.01. The van der Waals surface area contributed by atoms with Crippen molar-refractivity contribution in [2.24, 2.45) is 5.92 Å². The first-order valence-electron chi connectivity index (χ1n) is 6.54. The molecule has 20 heavy (non-hydrogen) atoms. The molecule has 4 nitrogen and oxygen atoms in total. The number of sulfone groups is 1. The molecular weight excluding hydrogens is 300 g/mol. The lowest BCUT2D eigenvalue weighted by atomic mass is 9.82. The SMILES string of the molecule is CC1CCC(C(=O)O)(S(=O)(=O)c2ccccc2Cl)CC1. The van der Waals surface area contributed by atoms with Gasteiger partial charge in [-0.1, -0.05) is 30.7 Å². The maximum absolute atomic E-state index is 12.8. The van der Waals surface area contributed by atoms with Gasteiger partial charge in [0.25, 0.3) is 0 Å². The van der Waals surface area contributed by atoms with E-state index in [-0.39, 0.29) is 22.8 Å². The molecule has 0 unspecified atom stereocenters. The second-order valence-electron chi connectivity index (χ2n) is 5.42. The standard InChI is InChI=1S/C14H17ClO4S/c1-10-6-8-14(9-7-10,13(16)17)20(18,19)12-5-3-2-4-11(12)15/h2-5,10H,6-9H2,1H3,(H,16,17). The van der Waals surface area contributed by atoms with E-state index in [1.54, 1.807) is 12.1 Å². The van der Waals surface area contributed by atoms with Crippen LogP contribution < -0.4 is 0 Å². The lowest BCUT2D eigenvalue weighted by Crippen LogP contribution is -2.49. The Balaban J connectivity index is 2.55. The van der Waals surface area contributed by atoms with E-state index in [4.69, 9.17) is 11.6 Å². The third-order valence-corrected chi connectivity index (χ3v) is 7.10. The number of benzene rings is 1. The predicted molar refractivity (Wildman–Crippen MR) is 76.6 cm³/mol. The Hall–Kier alpha value is -1.07. The van der Waals surface area contributed by atoms with Crippen LogP contribution in [0.5, 0.6) is 0 Å². The Morgan fingerprint density at radius 3 is 2.35 bits per heavy atom. The number of carbonyl (C=O) groups is 1. The Morgan fingerprint density at radius 2 is 1.85 bits per heavy atom. The van der Waals surface area contributed by atoms with Crippen LogP contribution in [0.3, 0.4) is 0 Å². The topological polar surface area (TPSA) is 71.4 Å². The number of carboxylic acid groups (broad SMARTS) is 1. The predicted octanol–water partition coefficient (Wildman–Crippen LogP) is 3.15. The minimum atomic E-state index is -4.01. The molecule has 0 radical (unpaired) electrons. The summed E-state index contributed by atoms with van der Waals surface area (Å²) < 4.78 is 23.9. The molecule has 1 N–H and O–H groups in total. The van der Waals surface area contributed by atoms with Crippen LogP contribution in [-0.4, -0.2) is 24.2 Å². The third-order valence-electron chi connectivity index (χ3n) is 4.11. The zero-order valence-electron chi connectivity index (χ0n) is 11.2. The fraction of sp³-hybridized carbons (Fsp3) is 0.500. The molecule has 6 heteroatoms. The van der Waals surface area contributed by atoms with E-state index in [1.807, 2.05) is 6.92 Å². The number of hydrogen-bond donors (Lipinski definition) is 1. The van der Waals surface area contributed by atoms with E-state index in [0.717, 1.165) is 0 Å². The highest BCUT2D eigenvalue weighted by Crippen LogP contribution is 2.42. The summed E-state index contributed by atoms with van der Waals surface area (Å²) in [5.74, 6) is -0.923. The van der Waals surface area contributed by atoms with Crippen LogP contribution in [-0.2, 0) is 14.6 Å². The second-order valence-corrected chi connectivity index (χ2v) is 8.05. The van der Waals surface area contributed by atoms with Crippen LogP contribution in [0.15, 0.2) is 29.2 Å². The molecule has 1 aliphatic carbocycles. The van der Waals surface area contributed by atoms with Gasteiger partial charge in [0.05, 0.1) is 9.92 Å². The van der Waals surface area contributed by atoms with Crippen LogP contribution in [0.1, 0.15) is 32.6 Å². The van der Waals surface area contributed by atoms with Crippen molar-refractivity contribution in [2.45, 2.75) is 42.2 Å². The maximum atomic E-state index is 12.8. The summed E-state index contributed by atoms with van der Waals surface area (Å²) in [5, 5.41) is 9.62. The van der Waals surface area contributed by atoms with Gasteiger partial charge in [0, 0.05) is 0 Å². The zero-order valence-corrected chi connectivity index (χ0v) is 12.7. The maximum Gasteiger partial charge on any atom is 0.325 e. The molecule has 110 valence electrons. The molecule has 1 aromatic carbocycles. The summed E-state index contributed by atoms with van der Waals surface area (Å²) in [6, 6.07) is 6.02. The van der Waals surface area contributed by atoms with Gasteiger partial charge in [-0.25, -0.2) is 8.42 Å². The first-order chi connectivity index (χ1) is 9.31. The van der Waals surface area contributed by atoms with E-state index in [1.165, 1.54) is 12.1 Å². The van der Waals surface area contributed by atoms with Gasteiger partial charge in [-0.05, 0) is 43.7 Å². The smallest absolute Gasteiger partial charge is 0.325 e. The highest BCUT2D eigenvalue weighted by molar-refractivity contribution is 7.93. The number of carboxylic acids is 1. The fourth-order valence-electron chi connectivity index (χ4n) is 2.70. The first-order valence-corrected chi connectivity index (χ1v) is 8.40. The van der Waals surface area contributed by atoms with Crippen LogP contribution in [0, 0.1) is 5.92 Å². The minimum absolute atomic E-state index is 0.0757. The van der Waals surface area contributed by atoms with Crippen LogP contribution in [0.4, 0.5) is 0 Å². The van der Waals surface area contributed by atoms with E-state index in [2.05, 4.69) is 0 Å². The molecule has 0 atom stereocenters. The van der Waals surface area contributed by atoms with Gasteiger partial charge in [0.2, 0.25) is 0 Å². The van der Waals surface area contributed by atoms with Crippen molar-refractivity contribution in [2.75, 3.05) is 0 Å². The Bertz CT molecular complexity index is 616. The average Bonchev–Trinajstić information content (AvgIpc) is 2.39. The number of halogens is 1. The van der Waals surface area contributed by atoms with E-state index in [9.17, 15) is 18.3 Å². The van der Waals surface area contributed by atoms with Crippen LogP contribution >= 0.6 is 11.6 Å². The summed E-state index contributed by atoms with van der Waals surface area (Å²) >= 11 is 5.95. The summed E-state index contributed by atoms with van der Waals surface area (Å²) in [4.78, 5) is 11.6. The van der Waals surface area contributed by atoms with Gasteiger partial charge in [0.15, 0.2) is 14.6 Å². The van der Waals surface area contributed by atoms with Crippen molar-refractivity contribution in [1.82, 2.24) is 0 Å². The number of rotatable bonds is 3. The molecule has 1 aliphatic rings. The van der Waals surface area contributed by atoms with Crippen molar-refractivity contribution in [3.05, 3.63) is 29.3 Å². The molecule has 0 aliphatic heterocycles. The third kappa shape index (κ3) is 2.33. The van der Waals surface area contributed by atoms with Gasteiger partial charge < -0.3 is 5.11 Å². The van der Waals surface area contributed by atoms with Crippen molar-refractivity contribution < 1.29 is 18.3 Å². The van der Waals surface area contributed by atoms with Gasteiger partial charge >= 0.3 is 5.97 Å². The first kappa shape index (κ1) is 15.3. The lowest BCUT2D eigenvalue weighted by molar-refractivity contribution is -0.141. The largest absolute Gasteiger partial charge is 0.480 e. The van der Waals surface area contributed by atoms with E-state index >= 15 is 0 Å². The van der Waals surface area contributed by atoms with Crippen molar-refractivity contribution >= 4 is 27.4 Å². The Morgan fingerprint density at radius 1 is 1.30 bits per heavy atom. The fourth-order valence-corrected chi connectivity index (χ4v) is 5.15. The Kier molecular flexibility index (Phi) is 4.12. The Labute approximate surface area is 123 Å². The zero-order chi connectivity index (χ0) is 15.0. The molecule has 1 fully saturated rings. The van der Waals surface area contributed by atoms with Crippen molar-refractivity contribution in [3.63, 3.8) is 0 Å². The minimum Gasteiger partial charge on any atom is -0.480 e. The summed E-state index contributed by atoms with van der Waals surface area (Å²) in [6.07, 6.45) is 1.46. The average molecular weight is 317 g/mol. The summed E-state index contributed by atoms with van der Waals surface area (Å²) in [6.45, 7) is 2.01. The molecule has 0 amide bonds. The monoisotopic (exact) mass is 316 g/mol. The second kappa shape index (κ2) is 5.37.